The predicted octanol–water partition coefficient (Wildman–Crippen LogP) is 0.836. The van der Waals surface area contributed by atoms with Crippen molar-refractivity contribution in [1.29, 1.82) is 0 Å². The van der Waals surface area contributed by atoms with Gasteiger partial charge in [-0.2, -0.15) is 0 Å². The van der Waals surface area contributed by atoms with Crippen LogP contribution in [0, 0.1) is 0 Å². The van der Waals surface area contributed by atoms with E-state index in [9.17, 15) is 0 Å². The molecule has 1 rings (SSSR count). The molecule has 1 aromatic rings. The minimum absolute atomic E-state index is 0.329. The Kier molecular flexibility index (Phi) is 3.71. The maximum Gasteiger partial charge on any atom is 0.194 e. The number of rotatable bonds is 4. The van der Waals surface area contributed by atoms with Crippen LogP contribution in [0.25, 0.3) is 0 Å². The molecule has 5 heteroatoms. The highest BCUT2D eigenvalue weighted by Crippen LogP contribution is 2.13. The zero-order valence-electron chi connectivity index (χ0n) is 9.57. The summed E-state index contributed by atoms with van der Waals surface area (Å²) in [6, 6.07) is 0. The predicted molar refractivity (Wildman–Crippen MR) is 62.3 cm³/mol. The first kappa shape index (κ1) is 11.6. The van der Waals surface area contributed by atoms with Crippen LogP contribution in [0.2, 0.25) is 0 Å². The summed E-state index contributed by atoms with van der Waals surface area (Å²) in [5.41, 5.74) is 6.74. The van der Waals surface area contributed by atoms with Crippen LogP contribution in [-0.4, -0.2) is 22.0 Å². The van der Waals surface area contributed by atoms with Crippen molar-refractivity contribution in [2.24, 2.45) is 10.7 Å². The van der Waals surface area contributed by atoms with E-state index in [0.717, 1.165) is 12.1 Å². The minimum Gasteiger partial charge on any atom is -0.381 e. The van der Waals surface area contributed by atoms with E-state index in [1.807, 2.05) is 6.92 Å². The second kappa shape index (κ2) is 4.82. The molecule has 0 spiro atoms. The van der Waals surface area contributed by atoms with Gasteiger partial charge >= 0.3 is 0 Å². The normalized spacial score (nSPS) is 12.4. The van der Waals surface area contributed by atoms with Crippen molar-refractivity contribution in [3.63, 3.8) is 0 Å². The van der Waals surface area contributed by atoms with E-state index in [2.05, 4.69) is 23.8 Å². The molecule has 0 aliphatic carbocycles. The first-order chi connectivity index (χ1) is 7.07. The maximum absolute atomic E-state index is 5.87. The van der Waals surface area contributed by atoms with Gasteiger partial charge in [-0.1, -0.05) is 20.8 Å². The van der Waals surface area contributed by atoms with Crippen molar-refractivity contribution in [2.45, 2.75) is 33.1 Å². The molecule has 0 amide bonds. The van der Waals surface area contributed by atoms with Crippen molar-refractivity contribution >= 4 is 5.84 Å². The first-order valence-corrected chi connectivity index (χ1v) is 5.20. The molecule has 4 N–H and O–H groups in total. The van der Waals surface area contributed by atoms with Gasteiger partial charge in [0.1, 0.15) is 0 Å². The summed E-state index contributed by atoms with van der Waals surface area (Å²) in [5, 5.41) is 0. The van der Waals surface area contributed by atoms with Crippen LogP contribution in [0.3, 0.4) is 0 Å². The lowest BCUT2D eigenvalue weighted by atomic mass is 10.1. The standard InChI is InChI=1S/C10H19N5/c1-4-5-13-9(11)10-14-6-8(7(2)3)15(10)12/h6-7H,4-5,12H2,1-3H3,(H2,11,13). The largest absolute Gasteiger partial charge is 0.381 e. The van der Waals surface area contributed by atoms with Crippen LogP contribution in [0.5, 0.6) is 0 Å². The number of nitrogens with two attached hydrogens (primary N) is 2. The van der Waals surface area contributed by atoms with Gasteiger partial charge in [-0.25, -0.2) is 9.66 Å². The smallest absolute Gasteiger partial charge is 0.194 e. The van der Waals surface area contributed by atoms with Crippen molar-refractivity contribution < 1.29 is 0 Å². The van der Waals surface area contributed by atoms with E-state index in [0.29, 0.717) is 24.1 Å². The molecular formula is C10H19N5. The monoisotopic (exact) mass is 209 g/mol. The molecule has 0 fully saturated rings. The minimum atomic E-state index is 0.329. The van der Waals surface area contributed by atoms with Gasteiger partial charge in [0, 0.05) is 6.54 Å². The third-order valence-corrected chi connectivity index (χ3v) is 2.15. The van der Waals surface area contributed by atoms with Gasteiger partial charge in [-0.15, -0.1) is 0 Å². The summed E-state index contributed by atoms with van der Waals surface area (Å²) >= 11 is 0. The Morgan fingerprint density at radius 1 is 1.60 bits per heavy atom. The fraction of sp³-hybridized carbons (Fsp3) is 0.600. The number of nitrogen functional groups attached to an aromatic ring is 1. The third-order valence-electron chi connectivity index (χ3n) is 2.15. The van der Waals surface area contributed by atoms with Crippen LogP contribution >= 0.6 is 0 Å². The Balaban J connectivity index is 2.96. The molecule has 84 valence electrons. The molecule has 15 heavy (non-hydrogen) atoms. The Bertz CT molecular complexity index is 351. The van der Waals surface area contributed by atoms with E-state index in [1.165, 1.54) is 4.68 Å². The topological polar surface area (TPSA) is 82.2 Å². The first-order valence-electron chi connectivity index (χ1n) is 5.20. The molecule has 0 aromatic carbocycles. The van der Waals surface area contributed by atoms with Crippen molar-refractivity contribution in [2.75, 3.05) is 12.4 Å². The number of hydrogen-bond donors (Lipinski definition) is 2. The molecule has 1 heterocycles. The highest BCUT2D eigenvalue weighted by molar-refractivity contribution is 5.94. The highest BCUT2D eigenvalue weighted by Gasteiger charge is 2.12. The summed E-state index contributed by atoms with van der Waals surface area (Å²) in [6.07, 6.45) is 2.71. The van der Waals surface area contributed by atoms with E-state index < -0.39 is 0 Å². The average molecular weight is 209 g/mol. The molecule has 0 aliphatic heterocycles. The summed E-state index contributed by atoms with van der Waals surface area (Å²) < 4.78 is 1.51. The van der Waals surface area contributed by atoms with E-state index in [4.69, 9.17) is 11.6 Å². The maximum atomic E-state index is 5.87. The van der Waals surface area contributed by atoms with Crippen molar-refractivity contribution in [3.05, 3.63) is 17.7 Å². The van der Waals surface area contributed by atoms with Crippen LogP contribution in [0.15, 0.2) is 11.2 Å². The number of imidazole rings is 1. The molecule has 0 atom stereocenters. The molecular weight excluding hydrogens is 190 g/mol. The fourth-order valence-corrected chi connectivity index (χ4v) is 1.29. The van der Waals surface area contributed by atoms with Gasteiger partial charge in [0.15, 0.2) is 11.7 Å². The summed E-state index contributed by atoms with van der Waals surface area (Å²) in [5.74, 6) is 7.16. The number of nitrogens with zero attached hydrogens (tertiary/aromatic N) is 3. The lowest BCUT2D eigenvalue weighted by Crippen LogP contribution is -2.25. The quantitative estimate of drug-likeness (QED) is 0.438. The fourth-order valence-electron chi connectivity index (χ4n) is 1.29. The Hall–Kier alpha value is -1.52. The second-order valence-electron chi connectivity index (χ2n) is 3.80. The number of amidine groups is 1. The molecule has 0 aliphatic rings. The Labute approximate surface area is 90.2 Å². The van der Waals surface area contributed by atoms with Gasteiger partial charge in [0.25, 0.3) is 0 Å². The van der Waals surface area contributed by atoms with E-state index in [-0.39, 0.29) is 0 Å². The summed E-state index contributed by atoms with van der Waals surface area (Å²) in [6.45, 7) is 6.87. The summed E-state index contributed by atoms with van der Waals surface area (Å²) in [4.78, 5) is 8.35. The van der Waals surface area contributed by atoms with Crippen molar-refractivity contribution in [3.8, 4) is 0 Å². The highest BCUT2D eigenvalue weighted by atomic mass is 15.3. The summed E-state index contributed by atoms with van der Waals surface area (Å²) in [7, 11) is 0. The number of hydrogen-bond acceptors (Lipinski definition) is 3. The zero-order chi connectivity index (χ0) is 11.4. The average Bonchev–Trinajstić information content (AvgIpc) is 2.56. The Morgan fingerprint density at radius 2 is 2.27 bits per heavy atom. The van der Waals surface area contributed by atoms with Crippen molar-refractivity contribution in [1.82, 2.24) is 9.66 Å². The van der Waals surface area contributed by atoms with Gasteiger partial charge < -0.3 is 11.6 Å². The lowest BCUT2D eigenvalue weighted by molar-refractivity contribution is 0.765. The van der Waals surface area contributed by atoms with Gasteiger partial charge in [0.2, 0.25) is 0 Å². The molecule has 0 saturated carbocycles. The second-order valence-corrected chi connectivity index (χ2v) is 3.80. The van der Waals surface area contributed by atoms with E-state index >= 15 is 0 Å². The molecule has 0 bridgehead atoms. The van der Waals surface area contributed by atoms with Crippen LogP contribution < -0.4 is 11.6 Å². The number of aliphatic imine (C=N–C) groups is 1. The molecule has 0 saturated heterocycles. The molecule has 5 nitrogen and oxygen atoms in total. The van der Waals surface area contributed by atoms with Gasteiger partial charge in [-0.05, 0) is 12.3 Å². The molecule has 1 aromatic heterocycles. The van der Waals surface area contributed by atoms with E-state index in [1.54, 1.807) is 6.20 Å². The third kappa shape index (κ3) is 2.49. The number of aromatic nitrogens is 2. The van der Waals surface area contributed by atoms with Gasteiger partial charge in [0.05, 0.1) is 11.9 Å². The van der Waals surface area contributed by atoms with Gasteiger partial charge in [-0.3, -0.25) is 4.99 Å². The van der Waals surface area contributed by atoms with Crippen LogP contribution in [0.4, 0.5) is 0 Å². The zero-order valence-corrected chi connectivity index (χ0v) is 9.57. The SMILES string of the molecule is CCC/N=C(/N)c1ncc(C(C)C)n1N. The van der Waals surface area contributed by atoms with Crippen LogP contribution in [-0.2, 0) is 0 Å². The lowest BCUT2D eigenvalue weighted by Gasteiger charge is -2.07. The Morgan fingerprint density at radius 3 is 2.73 bits per heavy atom. The van der Waals surface area contributed by atoms with Crippen LogP contribution in [0.1, 0.15) is 44.6 Å². The molecule has 0 unspecified atom stereocenters. The molecule has 0 radical (unpaired) electrons.